The third-order valence-corrected chi connectivity index (χ3v) is 2.69. The first-order valence-corrected chi connectivity index (χ1v) is 5.65. The molecule has 0 bridgehead atoms. The van der Waals surface area contributed by atoms with Gasteiger partial charge in [-0.2, -0.15) is 0 Å². The van der Waals surface area contributed by atoms with Gasteiger partial charge in [0, 0.05) is 12.1 Å². The monoisotopic (exact) mass is 263 g/mol. The Kier molecular flexibility index (Phi) is 3.79. The van der Waals surface area contributed by atoms with Crippen molar-refractivity contribution in [2.45, 2.75) is 6.61 Å². The summed E-state index contributed by atoms with van der Waals surface area (Å²) in [5.41, 5.74) is 0.914. The molecule has 0 aromatic heterocycles. The van der Waals surface area contributed by atoms with Crippen LogP contribution in [0.3, 0.4) is 0 Å². The summed E-state index contributed by atoms with van der Waals surface area (Å²) >= 11 is 5.94. The lowest BCUT2D eigenvalue weighted by Gasteiger charge is -2.07. The van der Waals surface area contributed by atoms with Crippen molar-refractivity contribution < 1.29 is 9.66 Å². The summed E-state index contributed by atoms with van der Waals surface area (Å²) in [4.78, 5) is 10.1. The number of rotatable bonds is 4. The Hall–Kier alpha value is -2.07. The van der Waals surface area contributed by atoms with Gasteiger partial charge in [0.1, 0.15) is 12.4 Å². The van der Waals surface area contributed by atoms with Crippen LogP contribution in [0.5, 0.6) is 5.75 Å². The molecule has 0 heterocycles. The third kappa shape index (κ3) is 2.99. The maximum absolute atomic E-state index is 10.5. The number of hydrogen-bond donors (Lipinski definition) is 0. The van der Waals surface area contributed by atoms with Gasteiger partial charge in [-0.05, 0) is 29.8 Å². The zero-order chi connectivity index (χ0) is 13.0. The van der Waals surface area contributed by atoms with Crippen molar-refractivity contribution in [3.63, 3.8) is 0 Å². The number of nitro groups is 1. The number of halogens is 1. The summed E-state index contributed by atoms with van der Waals surface area (Å²) in [6.07, 6.45) is 0. The second-order valence-electron chi connectivity index (χ2n) is 3.64. The Morgan fingerprint density at radius 2 is 1.78 bits per heavy atom. The molecule has 2 aromatic carbocycles. The molecular formula is C13H10ClNO3. The molecule has 0 fully saturated rings. The summed E-state index contributed by atoms with van der Waals surface area (Å²) in [6.45, 7) is 0.321. The van der Waals surface area contributed by atoms with Gasteiger partial charge in [0.2, 0.25) is 0 Å². The van der Waals surface area contributed by atoms with Gasteiger partial charge >= 0.3 is 0 Å². The molecule has 5 heteroatoms. The molecule has 0 radical (unpaired) electrons. The summed E-state index contributed by atoms with van der Waals surface area (Å²) < 4.78 is 5.52. The highest BCUT2D eigenvalue weighted by atomic mass is 35.5. The molecule has 2 rings (SSSR count). The van der Waals surface area contributed by atoms with Crippen molar-refractivity contribution in [1.82, 2.24) is 0 Å². The molecule has 18 heavy (non-hydrogen) atoms. The third-order valence-electron chi connectivity index (χ3n) is 2.38. The van der Waals surface area contributed by atoms with E-state index in [-0.39, 0.29) is 5.69 Å². The minimum atomic E-state index is -0.432. The second-order valence-corrected chi connectivity index (χ2v) is 4.05. The van der Waals surface area contributed by atoms with E-state index in [4.69, 9.17) is 16.3 Å². The number of benzene rings is 2. The van der Waals surface area contributed by atoms with Crippen molar-refractivity contribution in [2.24, 2.45) is 0 Å². The van der Waals surface area contributed by atoms with Crippen molar-refractivity contribution in [1.29, 1.82) is 0 Å². The van der Waals surface area contributed by atoms with Gasteiger partial charge in [-0.1, -0.05) is 23.7 Å². The second kappa shape index (κ2) is 5.51. The average Bonchev–Trinajstić information content (AvgIpc) is 2.38. The predicted octanol–water partition coefficient (Wildman–Crippen LogP) is 3.83. The molecule has 0 saturated heterocycles. The molecule has 0 unspecified atom stereocenters. The lowest BCUT2D eigenvalue weighted by Crippen LogP contribution is -1.96. The zero-order valence-electron chi connectivity index (χ0n) is 9.38. The van der Waals surface area contributed by atoms with E-state index in [2.05, 4.69) is 0 Å². The summed E-state index contributed by atoms with van der Waals surface area (Å²) in [5.74, 6) is 0.595. The van der Waals surface area contributed by atoms with Crippen LogP contribution in [0.2, 0.25) is 5.02 Å². The fraction of sp³-hybridized carbons (Fsp3) is 0.0769. The van der Waals surface area contributed by atoms with Crippen LogP contribution in [0.4, 0.5) is 5.69 Å². The molecular weight excluding hydrogens is 254 g/mol. The van der Waals surface area contributed by atoms with Gasteiger partial charge in [-0.3, -0.25) is 10.1 Å². The van der Waals surface area contributed by atoms with E-state index in [1.807, 2.05) is 12.1 Å². The summed E-state index contributed by atoms with van der Waals surface area (Å²) in [6, 6.07) is 13.4. The Bertz CT molecular complexity index is 554. The van der Waals surface area contributed by atoms with Crippen LogP contribution in [0, 0.1) is 10.1 Å². The number of para-hydroxylation sites is 1. The van der Waals surface area contributed by atoms with Crippen molar-refractivity contribution in [2.75, 3.05) is 0 Å². The van der Waals surface area contributed by atoms with E-state index in [0.29, 0.717) is 17.4 Å². The molecule has 0 spiro atoms. The maximum atomic E-state index is 10.5. The van der Waals surface area contributed by atoms with Gasteiger partial charge < -0.3 is 4.74 Å². The van der Waals surface area contributed by atoms with Crippen molar-refractivity contribution >= 4 is 17.3 Å². The van der Waals surface area contributed by atoms with Crippen molar-refractivity contribution in [3.05, 3.63) is 69.2 Å². The molecule has 0 aliphatic heterocycles. The molecule has 0 N–H and O–H groups in total. The van der Waals surface area contributed by atoms with E-state index >= 15 is 0 Å². The minimum absolute atomic E-state index is 0.0662. The number of nitro benzene ring substituents is 1. The summed E-state index contributed by atoms with van der Waals surface area (Å²) in [5, 5.41) is 11.0. The molecule has 4 nitrogen and oxygen atoms in total. The molecule has 2 aromatic rings. The van der Waals surface area contributed by atoms with Crippen LogP contribution in [-0.2, 0) is 6.61 Å². The van der Waals surface area contributed by atoms with Crippen LogP contribution in [0.15, 0.2) is 48.5 Å². The van der Waals surface area contributed by atoms with Gasteiger partial charge in [-0.25, -0.2) is 0 Å². The quantitative estimate of drug-likeness (QED) is 0.622. The van der Waals surface area contributed by atoms with Crippen LogP contribution in [0.25, 0.3) is 0 Å². The first kappa shape index (κ1) is 12.4. The maximum Gasteiger partial charge on any atom is 0.269 e. The van der Waals surface area contributed by atoms with Gasteiger partial charge in [0.25, 0.3) is 5.69 Å². The van der Waals surface area contributed by atoms with E-state index in [1.165, 1.54) is 12.1 Å². The first-order valence-electron chi connectivity index (χ1n) is 5.27. The standard InChI is InChI=1S/C13H10ClNO3/c14-12-3-1-2-4-13(12)18-9-10-5-7-11(8-6-10)15(16)17/h1-8H,9H2. The number of ether oxygens (including phenoxy) is 1. The zero-order valence-corrected chi connectivity index (χ0v) is 10.1. The van der Waals surface area contributed by atoms with Crippen LogP contribution >= 0.6 is 11.6 Å². The minimum Gasteiger partial charge on any atom is -0.487 e. The van der Waals surface area contributed by atoms with Crippen LogP contribution in [0.1, 0.15) is 5.56 Å². The topological polar surface area (TPSA) is 52.4 Å². The smallest absolute Gasteiger partial charge is 0.269 e. The Labute approximate surface area is 109 Å². The van der Waals surface area contributed by atoms with Crippen molar-refractivity contribution in [3.8, 4) is 5.75 Å². The fourth-order valence-electron chi connectivity index (χ4n) is 1.44. The number of hydrogen-bond acceptors (Lipinski definition) is 3. The van der Waals surface area contributed by atoms with E-state index in [9.17, 15) is 10.1 Å². The largest absolute Gasteiger partial charge is 0.487 e. The highest BCUT2D eigenvalue weighted by Crippen LogP contribution is 2.24. The predicted molar refractivity (Wildman–Crippen MR) is 68.9 cm³/mol. The van der Waals surface area contributed by atoms with Gasteiger partial charge in [-0.15, -0.1) is 0 Å². The Morgan fingerprint density at radius 3 is 2.39 bits per heavy atom. The lowest BCUT2D eigenvalue weighted by molar-refractivity contribution is -0.384. The average molecular weight is 264 g/mol. The van der Waals surface area contributed by atoms with E-state index in [1.54, 1.807) is 24.3 Å². The Morgan fingerprint density at radius 1 is 1.11 bits per heavy atom. The number of non-ortho nitro benzene ring substituents is 1. The normalized spacial score (nSPS) is 10.1. The molecule has 0 aliphatic carbocycles. The van der Waals surface area contributed by atoms with Gasteiger partial charge in [0.05, 0.1) is 9.95 Å². The molecule has 0 amide bonds. The molecule has 92 valence electrons. The SMILES string of the molecule is O=[N+]([O-])c1ccc(COc2ccccc2Cl)cc1. The fourth-order valence-corrected chi connectivity index (χ4v) is 1.63. The molecule has 0 saturated carbocycles. The first-order chi connectivity index (χ1) is 8.66. The Balaban J connectivity index is 2.02. The highest BCUT2D eigenvalue weighted by Gasteiger charge is 2.05. The van der Waals surface area contributed by atoms with Gasteiger partial charge in [0.15, 0.2) is 0 Å². The number of nitrogens with zero attached hydrogens (tertiary/aromatic N) is 1. The molecule has 0 aliphatic rings. The van der Waals surface area contributed by atoms with Crippen LogP contribution in [-0.4, -0.2) is 4.92 Å². The highest BCUT2D eigenvalue weighted by molar-refractivity contribution is 6.32. The lowest BCUT2D eigenvalue weighted by atomic mass is 10.2. The van der Waals surface area contributed by atoms with E-state index in [0.717, 1.165) is 5.56 Å². The van der Waals surface area contributed by atoms with Crippen LogP contribution < -0.4 is 4.74 Å². The summed E-state index contributed by atoms with van der Waals surface area (Å²) in [7, 11) is 0. The molecule has 0 atom stereocenters. The van der Waals surface area contributed by atoms with E-state index < -0.39 is 4.92 Å².